The molecule has 0 bridgehead atoms. The van der Waals surface area contributed by atoms with Crippen LogP contribution in [0, 0.1) is 0 Å². The fourth-order valence-corrected chi connectivity index (χ4v) is 8.55. The average Bonchev–Trinajstić information content (AvgIpc) is 2.33. The van der Waals surface area contributed by atoms with E-state index in [2.05, 4.69) is 48.5 Å². The van der Waals surface area contributed by atoms with Gasteiger partial charge in [-0.2, -0.15) is 0 Å². The third kappa shape index (κ3) is 1.99. The predicted molar refractivity (Wildman–Crippen MR) is 70.8 cm³/mol. The Morgan fingerprint density at radius 2 is 1.06 bits per heavy atom. The van der Waals surface area contributed by atoms with Gasteiger partial charge in [-0.1, -0.05) is 0 Å². The van der Waals surface area contributed by atoms with E-state index < -0.39 is 0 Å². The molecule has 3 rings (SSSR count). The Balaban J connectivity index is 2.22. The van der Waals surface area contributed by atoms with Crippen molar-refractivity contribution in [2.75, 3.05) is 0 Å². The predicted octanol–water partition coefficient (Wildman–Crippen LogP) is 2.69. The Bertz CT molecular complexity index is 458. The van der Waals surface area contributed by atoms with Crippen molar-refractivity contribution in [3.63, 3.8) is 0 Å². The summed E-state index contributed by atoms with van der Waals surface area (Å²) in [6, 6.07) is 17.8. The van der Waals surface area contributed by atoms with Crippen LogP contribution in [0.15, 0.2) is 48.5 Å². The summed E-state index contributed by atoms with van der Waals surface area (Å²) in [5.74, 6) is 0. The van der Waals surface area contributed by atoms with Crippen LogP contribution in [0.2, 0.25) is 0 Å². The van der Waals surface area contributed by atoms with Gasteiger partial charge >= 0.3 is 108 Å². The molecule has 1 heterocycles. The van der Waals surface area contributed by atoms with E-state index in [-0.39, 0.29) is 0 Å². The van der Waals surface area contributed by atoms with Gasteiger partial charge in [-0.3, -0.25) is 0 Å². The molecule has 1 aliphatic rings. The number of benzene rings is 2. The molecule has 0 nitrogen and oxygen atoms in total. The summed E-state index contributed by atoms with van der Waals surface area (Å²) in [4.78, 5) is 0. The van der Waals surface area contributed by atoms with Crippen LogP contribution >= 0.6 is 0 Å². The van der Waals surface area contributed by atoms with Gasteiger partial charge in [0.15, 0.2) is 0 Å². The molecule has 0 aromatic heterocycles. The van der Waals surface area contributed by atoms with E-state index in [1.807, 2.05) is 0 Å². The molecule has 0 fully saturated rings. The first-order chi connectivity index (χ1) is 7.95. The number of hydrogen-bond donors (Lipinski definition) is 0. The fraction of sp³-hybridized carbons (Fsp3) is 0.143. The van der Waals surface area contributed by atoms with Crippen LogP contribution in [0.4, 0.5) is 0 Å². The van der Waals surface area contributed by atoms with Crippen LogP contribution < -0.4 is 0 Å². The van der Waals surface area contributed by atoms with Gasteiger partial charge in [0.05, 0.1) is 0 Å². The summed E-state index contributed by atoms with van der Waals surface area (Å²) in [5.41, 5.74) is 6.04. The summed E-state index contributed by atoms with van der Waals surface area (Å²) < 4.78 is 0. The first-order valence-corrected chi connectivity index (χ1v) is 12.1. The minimum absolute atomic E-state index is 0.830. The van der Waals surface area contributed by atoms with Crippen LogP contribution in [0.1, 0.15) is 11.1 Å². The van der Waals surface area contributed by atoms with Crippen molar-refractivity contribution in [1.29, 1.82) is 0 Å². The number of fused-ring (bicyclic) bond motifs is 3. The molecule has 0 amide bonds. The van der Waals surface area contributed by atoms with Gasteiger partial charge in [-0.25, -0.2) is 0 Å². The summed E-state index contributed by atoms with van der Waals surface area (Å²) >= 11 is 1.66. The molecule has 2 aromatic carbocycles. The molecular weight excluding hydrogens is 326 g/mol. The first-order valence-electron chi connectivity index (χ1n) is 5.36. The Morgan fingerprint density at radius 3 is 1.56 bits per heavy atom. The number of rotatable bonds is 0. The van der Waals surface area contributed by atoms with Crippen LogP contribution in [0.3, 0.4) is 0 Å². The van der Waals surface area contributed by atoms with Crippen molar-refractivity contribution >= 4 is 26.3 Å². The van der Waals surface area contributed by atoms with E-state index in [1.54, 1.807) is 11.1 Å². The molecule has 0 radical (unpaired) electrons. The Kier molecular flexibility index (Phi) is 3.17. The van der Waals surface area contributed by atoms with Crippen LogP contribution in [-0.4, -0.2) is 26.3 Å². The van der Waals surface area contributed by atoms with Crippen LogP contribution in [-0.2, 0) is 10.6 Å². The van der Waals surface area contributed by atoms with E-state index in [4.69, 9.17) is 0 Å². The van der Waals surface area contributed by atoms with Gasteiger partial charge < -0.3 is 0 Å². The zero-order valence-corrected chi connectivity index (χ0v) is 12.3. The zero-order valence-electron chi connectivity index (χ0n) is 8.85. The molecular formula is C14H12Se2. The van der Waals surface area contributed by atoms with E-state index in [9.17, 15) is 0 Å². The molecule has 80 valence electrons. The van der Waals surface area contributed by atoms with Gasteiger partial charge in [0.1, 0.15) is 0 Å². The SMILES string of the molecule is c1ccc2c(c1)C[Se][Se]Cc1ccccc1-2. The van der Waals surface area contributed by atoms with Crippen molar-refractivity contribution in [3.8, 4) is 11.1 Å². The van der Waals surface area contributed by atoms with Crippen LogP contribution in [0.5, 0.6) is 0 Å². The third-order valence-electron chi connectivity index (χ3n) is 2.84. The topological polar surface area (TPSA) is 0 Å². The van der Waals surface area contributed by atoms with Crippen molar-refractivity contribution in [2.24, 2.45) is 0 Å². The van der Waals surface area contributed by atoms with Crippen molar-refractivity contribution in [1.82, 2.24) is 0 Å². The molecule has 0 saturated carbocycles. The molecule has 16 heavy (non-hydrogen) atoms. The molecule has 0 unspecified atom stereocenters. The molecule has 1 aliphatic heterocycles. The van der Waals surface area contributed by atoms with Gasteiger partial charge in [-0.15, -0.1) is 0 Å². The maximum absolute atomic E-state index is 2.30. The standard InChI is InChI=1S/C14H12Se2/c1-3-7-13-11(5-1)9-15-16-10-12-6-2-4-8-14(12)13/h1-8H,9-10H2. The fourth-order valence-electron chi connectivity index (χ4n) is 2.03. The number of hydrogen-bond acceptors (Lipinski definition) is 0. The van der Waals surface area contributed by atoms with Gasteiger partial charge in [0.2, 0.25) is 0 Å². The van der Waals surface area contributed by atoms with Crippen molar-refractivity contribution < 1.29 is 0 Å². The maximum atomic E-state index is 2.30. The van der Waals surface area contributed by atoms with Crippen molar-refractivity contribution in [3.05, 3.63) is 59.7 Å². The molecule has 0 atom stereocenters. The third-order valence-corrected chi connectivity index (χ3v) is 9.37. The van der Waals surface area contributed by atoms with Gasteiger partial charge in [0.25, 0.3) is 0 Å². The first kappa shape index (κ1) is 10.6. The monoisotopic (exact) mass is 340 g/mol. The molecule has 2 aromatic rings. The summed E-state index contributed by atoms with van der Waals surface area (Å²) in [6.45, 7) is 0. The van der Waals surface area contributed by atoms with Crippen molar-refractivity contribution in [2.45, 2.75) is 10.6 Å². The van der Waals surface area contributed by atoms with E-state index in [0.717, 1.165) is 26.3 Å². The van der Waals surface area contributed by atoms with Gasteiger partial charge in [0, 0.05) is 0 Å². The molecule has 0 N–H and O–H groups in total. The Hall–Kier alpha value is -0.521. The molecule has 0 saturated heterocycles. The quantitative estimate of drug-likeness (QED) is 0.648. The Morgan fingerprint density at radius 1 is 0.625 bits per heavy atom. The molecule has 0 aliphatic carbocycles. The minimum atomic E-state index is 0.830. The second kappa shape index (κ2) is 4.77. The normalized spacial score (nSPS) is 14.5. The summed E-state index contributed by atoms with van der Waals surface area (Å²) in [6.07, 6.45) is 0. The summed E-state index contributed by atoms with van der Waals surface area (Å²) in [5, 5.41) is 2.63. The van der Waals surface area contributed by atoms with Gasteiger partial charge in [-0.05, 0) is 0 Å². The second-order valence-electron chi connectivity index (χ2n) is 3.84. The molecule has 0 spiro atoms. The average molecular weight is 338 g/mol. The zero-order chi connectivity index (χ0) is 10.8. The van der Waals surface area contributed by atoms with E-state index in [0.29, 0.717) is 0 Å². The van der Waals surface area contributed by atoms with E-state index in [1.165, 1.54) is 21.8 Å². The summed E-state index contributed by atoms with van der Waals surface area (Å²) in [7, 11) is 0. The van der Waals surface area contributed by atoms with Crippen LogP contribution in [0.25, 0.3) is 11.1 Å². The Labute approximate surface area is 107 Å². The molecule has 2 heteroatoms. The second-order valence-corrected chi connectivity index (χ2v) is 11.2. The van der Waals surface area contributed by atoms with E-state index >= 15 is 0 Å².